The van der Waals surface area contributed by atoms with Crippen molar-refractivity contribution in [1.82, 2.24) is 0 Å². The lowest BCUT2D eigenvalue weighted by Crippen LogP contribution is -2.41. The summed E-state index contributed by atoms with van der Waals surface area (Å²) in [7, 11) is 9.63. The van der Waals surface area contributed by atoms with Crippen LogP contribution in [0.2, 0.25) is 0 Å². The highest BCUT2D eigenvalue weighted by atomic mass is 16.9. The minimum absolute atomic E-state index is 0.791. The zero-order chi connectivity index (χ0) is 17.6. The molecule has 0 aliphatic carbocycles. The summed E-state index contributed by atoms with van der Waals surface area (Å²) in [6.45, 7) is 4.91. The summed E-state index contributed by atoms with van der Waals surface area (Å²) in [5, 5.41) is 0. The van der Waals surface area contributed by atoms with Gasteiger partial charge in [-0.25, -0.2) is 0 Å². The molecule has 0 N–H and O–H groups in total. The first-order chi connectivity index (χ1) is 10.9. The van der Waals surface area contributed by atoms with E-state index in [1.807, 2.05) is 0 Å². The zero-order valence-electron chi connectivity index (χ0n) is 16.7. The molecule has 0 aromatic carbocycles. The van der Waals surface area contributed by atoms with Gasteiger partial charge in [-0.3, -0.25) is 0 Å². The summed E-state index contributed by atoms with van der Waals surface area (Å²) in [5.74, 6) is -0.845. The molecule has 0 aliphatic heterocycles. The third-order valence-corrected chi connectivity index (χ3v) is 4.80. The normalized spacial score (nSPS) is 12.8. The number of methoxy groups -OCH3 is 3. The first-order valence-corrected chi connectivity index (χ1v) is 9.42. The molecular formula is C19H42NO3+. The molecule has 0 rings (SSSR count). The average Bonchev–Trinajstić information content (AvgIpc) is 2.55. The Bertz CT molecular complexity index is 257. The second-order valence-corrected chi connectivity index (χ2v) is 7.26. The molecule has 0 amide bonds. The van der Waals surface area contributed by atoms with E-state index in [-0.39, 0.29) is 0 Å². The smallest absolute Gasteiger partial charge is 0.282 e. The number of unbranched alkanes of at least 4 members (excludes halogenated alkanes) is 7. The standard InChI is InChI=1S/C19H42NO3/c1-7-8-17-20(2,3)18-15-13-11-9-10-12-14-16-19(21-4,22-5)23-6/h7-18H2,1-6H3/q+1. The molecule has 0 aliphatic rings. The van der Waals surface area contributed by atoms with Crippen molar-refractivity contribution in [3.05, 3.63) is 0 Å². The number of quaternary nitrogens is 1. The van der Waals surface area contributed by atoms with Crippen LogP contribution in [-0.2, 0) is 14.2 Å². The topological polar surface area (TPSA) is 27.7 Å². The third kappa shape index (κ3) is 11.1. The highest BCUT2D eigenvalue weighted by Gasteiger charge is 2.28. The van der Waals surface area contributed by atoms with Gasteiger partial charge in [0, 0.05) is 27.8 Å². The number of hydrogen-bond acceptors (Lipinski definition) is 3. The van der Waals surface area contributed by atoms with Crippen molar-refractivity contribution in [3.8, 4) is 0 Å². The van der Waals surface area contributed by atoms with Crippen LogP contribution < -0.4 is 0 Å². The quantitative estimate of drug-likeness (QED) is 0.235. The molecule has 23 heavy (non-hydrogen) atoms. The monoisotopic (exact) mass is 332 g/mol. The van der Waals surface area contributed by atoms with Gasteiger partial charge >= 0.3 is 0 Å². The van der Waals surface area contributed by atoms with Gasteiger partial charge in [0.05, 0.1) is 27.2 Å². The molecule has 4 nitrogen and oxygen atoms in total. The molecule has 140 valence electrons. The number of rotatable bonds is 16. The van der Waals surface area contributed by atoms with Crippen molar-refractivity contribution in [2.45, 2.75) is 77.1 Å². The summed E-state index contributed by atoms with van der Waals surface area (Å²) in [6, 6.07) is 0. The molecule has 0 fully saturated rings. The maximum Gasteiger partial charge on any atom is 0.282 e. The number of ether oxygens (including phenoxy) is 3. The van der Waals surface area contributed by atoms with Crippen LogP contribution in [-0.4, -0.2) is 59.0 Å². The van der Waals surface area contributed by atoms with Gasteiger partial charge in [-0.05, 0) is 25.7 Å². The van der Waals surface area contributed by atoms with E-state index in [0.717, 1.165) is 12.8 Å². The van der Waals surface area contributed by atoms with Gasteiger partial charge in [-0.1, -0.05) is 39.0 Å². The van der Waals surface area contributed by atoms with Crippen LogP contribution in [0.5, 0.6) is 0 Å². The minimum atomic E-state index is -0.845. The summed E-state index contributed by atoms with van der Waals surface area (Å²) < 4.78 is 17.1. The van der Waals surface area contributed by atoms with Gasteiger partial charge in [0.2, 0.25) is 0 Å². The van der Waals surface area contributed by atoms with E-state index < -0.39 is 5.97 Å². The molecule has 0 atom stereocenters. The van der Waals surface area contributed by atoms with E-state index in [4.69, 9.17) is 14.2 Å². The van der Waals surface area contributed by atoms with E-state index in [9.17, 15) is 0 Å². The van der Waals surface area contributed by atoms with Crippen LogP contribution in [0.15, 0.2) is 0 Å². The Morgan fingerprint density at radius 1 is 0.652 bits per heavy atom. The first kappa shape index (κ1) is 22.8. The van der Waals surface area contributed by atoms with Gasteiger partial charge in [0.25, 0.3) is 5.97 Å². The lowest BCUT2D eigenvalue weighted by molar-refractivity contribution is -0.890. The van der Waals surface area contributed by atoms with Crippen molar-refractivity contribution < 1.29 is 18.7 Å². The van der Waals surface area contributed by atoms with Crippen LogP contribution in [0, 0.1) is 0 Å². The van der Waals surface area contributed by atoms with Crippen molar-refractivity contribution in [1.29, 1.82) is 0 Å². The lowest BCUT2D eigenvalue weighted by atomic mass is 10.1. The van der Waals surface area contributed by atoms with E-state index >= 15 is 0 Å². The molecule has 0 radical (unpaired) electrons. The van der Waals surface area contributed by atoms with Crippen molar-refractivity contribution in [2.24, 2.45) is 0 Å². The molecule has 0 spiro atoms. The van der Waals surface area contributed by atoms with E-state index in [1.165, 1.54) is 68.9 Å². The Morgan fingerprint density at radius 2 is 1.09 bits per heavy atom. The molecule has 0 saturated carbocycles. The Kier molecular flexibility index (Phi) is 13.1. The second-order valence-electron chi connectivity index (χ2n) is 7.26. The maximum atomic E-state index is 5.31. The fourth-order valence-electron chi connectivity index (χ4n) is 3.02. The van der Waals surface area contributed by atoms with Crippen LogP contribution in [0.25, 0.3) is 0 Å². The first-order valence-electron chi connectivity index (χ1n) is 9.42. The molecule has 0 aromatic rings. The highest BCUT2D eigenvalue weighted by molar-refractivity contribution is 4.56. The summed E-state index contributed by atoms with van der Waals surface area (Å²) in [6.07, 6.45) is 12.5. The Hall–Kier alpha value is -0.160. The predicted octanol–water partition coefficient (Wildman–Crippen LogP) is 4.58. The van der Waals surface area contributed by atoms with Crippen molar-refractivity contribution >= 4 is 0 Å². The van der Waals surface area contributed by atoms with Gasteiger partial charge in [0.15, 0.2) is 0 Å². The van der Waals surface area contributed by atoms with Gasteiger partial charge in [-0.2, -0.15) is 0 Å². The molecule has 4 heteroatoms. The predicted molar refractivity (Wildman–Crippen MR) is 97.4 cm³/mol. The van der Waals surface area contributed by atoms with Crippen LogP contribution >= 0.6 is 0 Å². The average molecular weight is 333 g/mol. The van der Waals surface area contributed by atoms with Crippen LogP contribution in [0.3, 0.4) is 0 Å². The summed E-state index contributed by atoms with van der Waals surface area (Å²) in [4.78, 5) is 0. The molecule has 0 aromatic heterocycles. The van der Waals surface area contributed by atoms with Gasteiger partial charge < -0.3 is 18.7 Å². The van der Waals surface area contributed by atoms with Crippen molar-refractivity contribution in [2.75, 3.05) is 48.5 Å². The maximum absolute atomic E-state index is 5.31. The molecule has 0 heterocycles. The van der Waals surface area contributed by atoms with Crippen LogP contribution in [0.1, 0.15) is 71.1 Å². The second kappa shape index (κ2) is 13.2. The fourth-order valence-corrected chi connectivity index (χ4v) is 3.02. The molecule has 0 unspecified atom stereocenters. The van der Waals surface area contributed by atoms with Gasteiger partial charge in [-0.15, -0.1) is 0 Å². The summed E-state index contributed by atoms with van der Waals surface area (Å²) in [5.41, 5.74) is 0. The Labute approximate surface area is 145 Å². The summed E-state index contributed by atoms with van der Waals surface area (Å²) >= 11 is 0. The van der Waals surface area contributed by atoms with E-state index in [1.54, 1.807) is 21.3 Å². The largest absolute Gasteiger partial charge is 0.331 e. The lowest BCUT2D eigenvalue weighted by Gasteiger charge is -2.29. The van der Waals surface area contributed by atoms with E-state index in [0.29, 0.717) is 0 Å². The van der Waals surface area contributed by atoms with Crippen molar-refractivity contribution in [3.63, 3.8) is 0 Å². The van der Waals surface area contributed by atoms with E-state index in [2.05, 4.69) is 21.0 Å². The molecule has 0 saturated heterocycles. The third-order valence-electron chi connectivity index (χ3n) is 4.80. The van der Waals surface area contributed by atoms with Crippen LogP contribution in [0.4, 0.5) is 0 Å². The Balaban J connectivity index is 3.53. The number of nitrogens with zero attached hydrogens (tertiary/aromatic N) is 1. The zero-order valence-corrected chi connectivity index (χ0v) is 16.7. The fraction of sp³-hybridized carbons (Fsp3) is 1.00. The Morgan fingerprint density at radius 3 is 1.57 bits per heavy atom. The number of hydrogen-bond donors (Lipinski definition) is 0. The SMILES string of the molecule is CCCC[N+](C)(C)CCCCCCCCCC(OC)(OC)OC. The minimum Gasteiger partial charge on any atom is -0.331 e. The molecular weight excluding hydrogens is 290 g/mol. The molecule has 0 bridgehead atoms. The highest BCUT2D eigenvalue weighted by Crippen LogP contribution is 2.21. The van der Waals surface area contributed by atoms with Gasteiger partial charge in [0.1, 0.15) is 0 Å².